The lowest BCUT2D eigenvalue weighted by atomic mass is 10.3. The summed E-state index contributed by atoms with van der Waals surface area (Å²) in [6.07, 6.45) is 2.72. The molecule has 60 valence electrons. The minimum atomic E-state index is -1.21. The third kappa shape index (κ3) is 7.62. The normalized spacial score (nSPS) is 11.6. The molecule has 0 fully saturated rings. The molecule has 0 aromatic rings. The number of aliphatic hydroxyl groups excluding tert-OH is 1. The molecule has 0 saturated heterocycles. The van der Waals surface area contributed by atoms with E-state index in [1.807, 2.05) is 13.0 Å². The monoisotopic (exact) mass is 145 g/mol. The third-order valence-corrected chi connectivity index (χ3v) is 1.03. The standard InChI is InChI=1S/C7H15NO2/c1-2-8-6-4-3-5-7(9)10/h3-4,7-10H,2,5-6H2,1H3. The third-order valence-electron chi connectivity index (χ3n) is 1.03. The topological polar surface area (TPSA) is 52.5 Å². The van der Waals surface area contributed by atoms with Crippen molar-refractivity contribution in [1.29, 1.82) is 0 Å². The van der Waals surface area contributed by atoms with Gasteiger partial charge in [-0.2, -0.15) is 0 Å². The van der Waals surface area contributed by atoms with Crippen molar-refractivity contribution in [3.63, 3.8) is 0 Å². The maximum atomic E-state index is 8.39. The van der Waals surface area contributed by atoms with E-state index in [0.717, 1.165) is 13.1 Å². The Balaban J connectivity index is 3.04. The average molecular weight is 145 g/mol. The molecule has 0 spiro atoms. The molecule has 0 heterocycles. The number of nitrogens with one attached hydrogen (secondary N) is 1. The Morgan fingerprint density at radius 2 is 2.10 bits per heavy atom. The second kappa shape index (κ2) is 6.74. The Morgan fingerprint density at radius 3 is 2.60 bits per heavy atom. The molecule has 0 rings (SSSR count). The Hall–Kier alpha value is -0.380. The fraction of sp³-hybridized carbons (Fsp3) is 0.714. The summed E-state index contributed by atoms with van der Waals surface area (Å²) in [5.74, 6) is 0. The molecule has 0 radical (unpaired) electrons. The molecule has 0 saturated carbocycles. The van der Waals surface area contributed by atoms with Crippen LogP contribution in [0.3, 0.4) is 0 Å². The van der Waals surface area contributed by atoms with E-state index in [0.29, 0.717) is 6.42 Å². The van der Waals surface area contributed by atoms with Gasteiger partial charge in [-0.1, -0.05) is 19.1 Å². The molecule has 0 aromatic carbocycles. The molecule has 3 nitrogen and oxygen atoms in total. The van der Waals surface area contributed by atoms with Crippen LogP contribution in [0.5, 0.6) is 0 Å². The van der Waals surface area contributed by atoms with Crippen molar-refractivity contribution in [1.82, 2.24) is 5.32 Å². The van der Waals surface area contributed by atoms with E-state index in [-0.39, 0.29) is 0 Å². The van der Waals surface area contributed by atoms with Crippen LogP contribution >= 0.6 is 0 Å². The number of hydrogen-bond acceptors (Lipinski definition) is 3. The minimum absolute atomic E-state index is 0.311. The molecule has 0 amide bonds. The van der Waals surface area contributed by atoms with E-state index >= 15 is 0 Å². The molecule has 3 heteroatoms. The first-order valence-electron chi connectivity index (χ1n) is 3.49. The van der Waals surface area contributed by atoms with Gasteiger partial charge in [-0.25, -0.2) is 0 Å². The van der Waals surface area contributed by atoms with Crippen LogP contribution in [0.1, 0.15) is 13.3 Å². The van der Waals surface area contributed by atoms with Crippen LogP contribution < -0.4 is 5.32 Å². The zero-order valence-corrected chi connectivity index (χ0v) is 6.25. The van der Waals surface area contributed by atoms with Crippen LogP contribution in [0, 0.1) is 0 Å². The number of likely N-dealkylation sites (N-methyl/N-ethyl adjacent to an activating group) is 1. The molecule has 0 bridgehead atoms. The van der Waals surface area contributed by atoms with Gasteiger partial charge in [0, 0.05) is 13.0 Å². The van der Waals surface area contributed by atoms with E-state index in [1.165, 1.54) is 0 Å². The zero-order chi connectivity index (χ0) is 7.82. The summed E-state index contributed by atoms with van der Waals surface area (Å²) >= 11 is 0. The summed E-state index contributed by atoms with van der Waals surface area (Å²) in [6.45, 7) is 3.75. The molecular formula is C7H15NO2. The second-order valence-corrected chi connectivity index (χ2v) is 2.00. The lowest BCUT2D eigenvalue weighted by Crippen LogP contribution is -2.11. The first kappa shape index (κ1) is 9.62. The molecular weight excluding hydrogens is 130 g/mol. The Morgan fingerprint density at radius 1 is 1.40 bits per heavy atom. The smallest absolute Gasteiger partial charge is 0.154 e. The predicted molar refractivity (Wildman–Crippen MR) is 40.5 cm³/mol. The highest BCUT2D eigenvalue weighted by Gasteiger charge is 1.88. The van der Waals surface area contributed by atoms with Crippen molar-refractivity contribution in [3.8, 4) is 0 Å². The van der Waals surface area contributed by atoms with Crippen LogP contribution in [0.15, 0.2) is 12.2 Å². The lowest BCUT2D eigenvalue weighted by Gasteiger charge is -1.96. The first-order valence-corrected chi connectivity index (χ1v) is 3.49. The van der Waals surface area contributed by atoms with E-state index in [4.69, 9.17) is 10.2 Å². The number of aliphatic hydroxyl groups is 2. The van der Waals surface area contributed by atoms with Gasteiger partial charge in [0.2, 0.25) is 0 Å². The summed E-state index contributed by atoms with van der Waals surface area (Å²) in [4.78, 5) is 0. The van der Waals surface area contributed by atoms with E-state index in [2.05, 4.69) is 5.32 Å². The van der Waals surface area contributed by atoms with Gasteiger partial charge in [0.1, 0.15) is 0 Å². The van der Waals surface area contributed by atoms with Gasteiger partial charge in [-0.3, -0.25) is 0 Å². The van der Waals surface area contributed by atoms with Crippen molar-refractivity contribution in [2.24, 2.45) is 0 Å². The Kier molecular flexibility index (Phi) is 6.48. The van der Waals surface area contributed by atoms with Gasteiger partial charge in [-0.05, 0) is 6.54 Å². The zero-order valence-electron chi connectivity index (χ0n) is 6.25. The van der Waals surface area contributed by atoms with Crippen LogP contribution in [0.4, 0.5) is 0 Å². The summed E-state index contributed by atoms with van der Waals surface area (Å²) in [6, 6.07) is 0. The molecule has 10 heavy (non-hydrogen) atoms. The maximum Gasteiger partial charge on any atom is 0.154 e. The molecule has 0 aliphatic carbocycles. The van der Waals surface area contributed by atoms with Crippen LogP contribution in [-0.2, 0) is 0 Å². The average Bonchev–Trinajstić information content (AvgIpc) is 1.87. The van der Waals surface area contributed by atoms with Crippen molar-refractivity contribution < 1.29 is 10.2 Å². The quantitative estimate of drug-likeness (QED) is 0.286. The fourth-order valence-electron chi connectivity index (χ4n) is 0.529. The Bertz CT molecular complexity index is 91.6. The van der Waals surface area contributed by atoms with Gasteiger partial charge in [0.25, 0.3) is 0 Å². The van der Waals surface area contributed by atoms with Gasteiger partial charge < -0.3 is 15.5 Å². The van der Waals surface area contributed by atoms with Crippen molar-refractivity contribution >= 4 is 0 Å². The SMILES string of the molecule is CCNCC=CCC(O)O. The molecule has 0 unspecified atom stereocenters. The van der Waals surface area contributed by atoms with Gasteiger partial charge in [0.05, 0.1) is 0 Å². The van der Waals surface area contributed by atoms with Crippen LogP contribution in [0.2, 0.25) is 0 Å². The number of rotatable bonds is 5. The highest BCUT2D eigenvalue weighted by atomic mass is 16.5. The van der Waals surface area contributed by atoms with Crippen molar-refractivity contribution in [2.75, 3.05) is 13.1 Å². The largest absolute Gasteiger partial charge is 0.368 e. The van der Waals surface area contributed by atoms with Gasteiger partial charge in [-0.15, -0.1) is 0 Å². The lowest BCUT2D eigenvalue weighted by molar-refractivity contribution is -0.0361. The summed E-state index contributed by atoms with van der Waals surface area (Å²) < 4.78 is 0. The highest BCUT2D eigenvalue weighted by Crippen LogP contribution is 1.86. The fourth-order valence-corrected chi connectivity index (χ4v) is 0.529. The Labute approximate surface area is 61.4 Å². The maximum absolute atomic E-state index is 8.39. The van der Waals surface area contributed by atoms with Crippen molar-refractivity contribution in [3.05, 3.63) is 12.2 Å². The van der Waals surface area contributed by atoms with Gasteiger partial charge >= 0.3 is 0 Å². The van der Waals surface area contributed by atoms with Crippen LogP contribution in [0.25, 0.3) is 0 Å². The van der Waals surface area contributed by atoms with Crippen LogP contribution in [-0.4, -0.2) is 29.6 Å². The highest BCUT2D eigenvalue weighted by molar-refractivity contribution is 4.83. The summed E-state index contributed by atoms with van der Waals surface area (Å²) in [5, 5.41) is 19.9. The predicted octanol–water partition coefficient (Wildman–Crippen LogP) is -0.147. The molecule has 0 aromatic heterocycles. The molecule has 0 aliphatic heterocycles. The number of hydrogen-bond donors (Lipinski definition) is 3. The van der Waals surface area contributed by atoms with E-state index < -0.39 is 6.29 Å². The summed E-state index contributed by atoms with van der Waals surface area (Å²) in [7, 11) is 0. The molecule has 0 aliphatic rings. The second-order valence-electron chi connectivity index (χ2n) is 2.00. The summed E-state index contributed by atoms with van der Waals surface area (Å²) in [5.41, 5.74) is 0. The molecule has 0 atom stereocenters. The first-order chi connectivity index (χ1) is 4.77. The molecule has 3 N–H and O–H groups in total. The van der Waals surface area contributed by atoms with Gasteiger partial charge in [0.15, 0.2) is 6.29 Å². The minimum Gasteiger partial charge on any atom is -0.368 e. The van der Waals surface area contributed by atoms with E-state index in [1.54, 1.807) is 6.08 Å². The van der Waals surface area contributed by atoms with E-state index in [9.17, 15) is 0 Å². The van der Waals surface area contributed by atoms with Crippen molar-refractivity contribution in [2.45, 2.75) is 19.6 Å².